The van der Waals surface area contributed by atoms with Crippen molar-refractivity contribution in [1.82, 2.24) is 4.90 Å². The van der Waals surface area contributed by atoms with E-state index >= 15 is 0 Å². The van der Waals surface area contributed by atoms with Crippen LogP contribution in [0.25, 0.3) is 0 Å². The van der Waals surface area contributed by atoms with Gasteiger partial charge >= 0.3 is 169 Å². The summed E-state index contributed by atoms with van der Waals surface area (Å²) in [7, 11) is 12.2. The minimum atomic E-state index is -1.85. The number of hydrogen-bond acceptors (Lipinski definition) is 2. The molecule has 0 bridgehead atoms. The Labute approximate surface area is 339 Å². The quantitative estimate of drug-likeness (QED) is 0.102. The second-order valence-electron chi connectivity index (χ2n) is 16.4. The maximum atomic E-state index is 6.12. The van der Waals surface area contributed by atoms with Crippen LogP contribution in [0.3, 0.4) is 0 Å². The van der Waals surface area contributed by atoms with Gasteiger partial charge in [-0.1, -0.05) is 88.6 Å². The average molecular weight is 846 g/mol. The van der Waals surface area contributed by atoms with E-state index in [2.05, 4.69) is 179 Å². The molecule has 1 saturated heterocycles. The van der Waals surface area contributed by atoms with Crippen molar-refractivity contribution in [3.8, 4) is 0 Å². The molecule has 1 heterocycles. The molecule has 0 radical (unpaired) electrons. The van der Waals surface area contributed by atoms with Crippen LogP contribution in [0.5, 0.6) is 0 Å². The molecular weight excluding hydrogens is 789 g/mol. The predicted octanol–water partition coefficient (Wildman–Crippen LogP) is 13.3. The van der Waals surface area contributed by atoms with Crippen LogP contribution in [0, 0.1) is 6.54 Å². The number of aryl methyl sites for hydroxylation is 1. The fourth-order valence-corrected chi connectivity index (χ4v) is 10.6. The SMILES string of the molecule is CC(C)c1cccc(C(C)C)c1N1[CH-][C@]2(CCCc3ccccc32)CC1(C)C.[Cl][Ru]([Cl])=[CH]c1ccccc1CN(Cc1ccccc1)Cc1ccccc1. The van der Waals surface area contributed by atoms with Gasteiger partial charge < -0.3 is 4.90 Å². The number of hydrogen-bond donors (Lipinski definition) is 0. The summed E-state index contributed by atoms with van der Waals surface area (Å²) >= 11 is -1.85. The van der Waals surface area contributed by atoms with Crippen LogP contribution in [0.2, 0.25) is 0 Å². The van der Waals surface area contributed by atoms with Gasteiger partial charge in [0.25, 0.3) is 0 Å². The van der Waals surface area contributed by atoms with Crippen LogP contribution < -0.4 is 4.90 Å². The number of halogens is 2. The molecule has 7 rings (SSSR count). The molecule has 5 aromatic rings. The number of benzene rings is 5. The van der Waals surface area contributed by atoms with Gasteiger partial charge in [0.1, 0.15) is 0 Å². The fraction of sp³-hybridized carbons (Fsp3) is 0.347. The van der Waals surface area contributed by atoms with Crippen molar-refractivity contribution in [3.63, 3.8) is 0 Å². The zero-order chi connectivity index (χ0) is 38.3. The first-order valence-corrected chi connectivity index (χ1v) is 25.0. The van der Waals surface area contributed by atoms with Gasteiger partial charge in [0, 0.05) is 11.2 Å². The maximum absolute atomic E-state index is 6.12. The number of nitrogens with zero attached hydrogens (tertiary/aromatic N) is 2. The number of rotatable bonds is 10. The third kappa shape index (κ3) is 9.83. The van der Waals surface area contributed by atoms with Crippen LogP contribution in [-0.2, 0) is 45.0 Å². The summed E-state index contributed by atoms with van der Waals surface area (Å²) in [6.45, 7) is 19.5. The molecule has 0 N–H and O–H groups in total. The van der Waals surface area contributed by atoms with Gasteiger partial charge in [0.2, 0.25) is 0 Å². The number of fused-ring (bicyclic) bond motifs is 2. The summed E-state index contributed by atoms with van der Waals surface area (Å²) in [5, 5.41) is 0. The second kappa shape index (κ2) is 18.3. The first kappa shape index (κ1) is 40.6. The molecular formula is C49H57Cl2N2Ru-. The molecule has 1 spiro atoms. The molecule has 0 unspecified atom stereocenters. The molecule has 1 fully saturated rings. The van der Waals surface area contributed by atoms with Gasteiger partial charge in [-0.2, -0.15) is 0 Å². The Balaban J connectivity index is 0.000000185. The van der Waals surface area contributed by atoms with Crippen molar-refractivity contribution in [1.29, 1.82) is 0 Å². The van der Waals surface area contributed by atoms with Gasteiger partial charge in [-0.3, -0.25) is 0 Å². The van der Waals surface area contributed by atoms with Gasteiger partial charge in [0.05, 0.1) is 0 Å². The zero-order valence-electron chi connectivity index (χ0n) is 32.9. The van der Waals surface area contributed by atoms with E-state index in [1.54, 1.807) is 11.1 Å². The first-order chi connectivity index (χ1) is 26.0. The summed E-state index contributed by atoms with van der Waals surface area (Å²) in [4.78, 5) is 5.12. The zero-order valence-corrected chi connectivity index (χ0v) is 36.1. The molecule has 1 aliphatic heterocycles. The van der Waals surface area contributed by atoms with E-state index in [9.17, 15) is 0 Å². The molecule has 5 aromatic carbocycles. The van der Waals surface area contributed by atoms with Crippen molar-refractivity contribution in [2.24, 2.45) is 0 Å². The Morgan fingerprint density at radius 1 is 0.704 bits per heavy atom. The Morgan fingerprint density at radius 3 is 1.85 bits per heavy atom. The fourth-order valence-electron chi connectivity index (χ4n) is 8.71. The molecule has 5 heteroatoms. The van der Waals surface area contributed by atoms with Crippen LogP contribution >= 0.6 is 19.4 Å². The average Bonchev–Trinajstić information content (AvgIpc) is 3.42. The van der Waals surface area contributed by atoms with E-state index in [-0.39, 0.29) is 11.0 Å². The molecule has 1 aliphatic carbocycles. The molecule has 1 atom stereocenters. The summed E-state index contributed by atoms with van der Waals surface area (Å²) < 4.78 is 2.03. The second-order valence-corrected chi connectivity index (χ2v) is 22.1. The predicted molar refractivity (Wildman–Crippen MR) is 230 cm³/mol. The van der Waals surface area contributed by atoms with Gasteiger partial charge in [0.15, 0.2) is 0 Å². The number of anilines is 1. The minimum absolute atomic E-state index is 0.110. The third-order valence-corrected chi connectivity index (χ3v) is 12.9. The molecule has 0 saturated carbocycles. The van der Waals surface area contributed by atoms with E-state index in [1.807, 2.05) is 10.7 Å². The van der Waals surface area contributed by atoms with E-state index in [4.69, 9.17) is 19.4 Å². The Morgan fingerprint density at radius 2 is 1.26 bits per heavy atom. The molecule has 54 heavy (non-hydrogen) atoms. The van der Waals surface area contributed by atoms with Crippen molar-refractivity contribution in [3.05, 3.63) is 178 Å². The van der Waals surface area contributed by atoms with E-state index in [1.165, 1.54) is 59.2 Å². The molecule has 286 valence electrons. The summed E-state index contributed by atoms with van der Waals surface area (Å²) in [6.07, 6.45) is 4.98. The van der Waals surface area contributed by atoms with E-state index < -0.39 is 13.5 Å². The van der Waals surface area contributed by atoms with E-state index in [0.29, 0.717) is 11.8 Å². The first-order valence-electron chi connectivity index (χ1n) is 19.5. The van der Waals surface area contributed by atoms with Crippen molar-refractivity contribution >= 4 is 29.7 Å². The van der Waals surface area contributed by atoms with Crippen LogP contribution in [0.15, 0.2) is 127 Å². The van der Waals surface area contributed by atoms with Crippen LogP contribution in [-0.4, -0.2) is 15.0 Å². The van der Waals surface area contributed by atoms with Gasteiger partial charge in [-0.05, 0) is 55.2 Å². The molecule has 0 aromatic heterocycles. The summed E-state index contributed by atoms with van der Waals surface area (Å²) in [6, 6.07) is 45.7. The van der Waals surface area contributed by atoms with Crippen LogP contribution in [0.1, 0.15) is 117 Å². The topological polar surface area (TPSA) is 6.48 Å². The van der Waals surface area contributed by atoms with Crippen molar-refractivity contribution in [2.75, 3.05) is 4.90 Å². The number of para-hydroxylation sites is 1. The van der Waals surface area contributed by atoms with E-state index in [0.717, 1.165) is 25.2 Å². The van der Waals surface area contributed by atoms with Gasteiger partial charge in [-0.15, -0.1) is 5.41 Å². The van der Waals surface area contributed by atoms with Crippen molar-refractivity contribution in [2.45, 2.75) is 110 Å². The molecule has 2 aliphatic rings. The Hall–Kier alpha value is -3.07. The monoisotopic (exact) mass is 845 g/mol. The Bertz CT molecular complexity index is 1930. The third-order valence-electron chi connectivity index (χ3n) is 11.1. The van der Waals surface area contributed by atoms with Crippen molar-refractivity contribution < 1.29 is 13.5 Å². The molecule has 0 amide bonds. The van der Waals surface area contributed by atoms with Gasteiger partial charge in [-0.25, -0.2) is 6.54 Å². The molecule has 2 nitrogen and oxygen atoms in total. The van der Waals surface area contributed by atoms with Crippen LogP contribution in [0.4, 0.5) is 5.69 Å². The summed E-state index contributed by atoms with van der Waals surface area (Å²) in [5.74, 6) is 1.04. The Kier molecular flexibility index (Phi) is 13.7. The summed E-state index contributed by atoms with van der Waals surface area (Å²) in [5.41, 5.74) is 12.9. The standard InChI is InChI=1S/C27H36N.C22H21N.2ClH.Ru/c1-19(2)22-13-9-14-23(20(3)4)25(22)28-18-27(17-26(28,5)6)16-10-12-21-11-7-8-15-24(21)27;1-19-10-8-9-15-22(19)18-23(16-20-11-4-2-5-12-20)17-21-13-6-3-7-14-21;;;/h7-9,11,13-15,18-20H,10,12,16-17H2,1-6H3;1-15H,16-18H2;2*1H;/q-1;;;;+2/p-2/t27-;;;;/m0..../s1. The normalized spacial score (nSPS) is 17.8.